The second-order valence-electron chi connectivity index (χ2n) is 7.00. The van der Waals surface area contributed by atoms with Gasteiger partial charge >= 0.3 is 0 Å². The van der Waals surface area contributed by atoms with Gasteiger partial charge in [0.2, 0.25) is 5.78 Å². The molecular weight excluding hydrogens is 352 g/mol. The minimum Gasteiger partial charge on any atom is -0.442 e. The van der Waals surface area contributed by atoms with Crippen LogP contribution in [0.3, 0.4) is 0 Å². The predicted octanol–water partition coefficient (Wildman–Crippen LogP) is 3.40. The summed E-state index contributed by atoms with van der Waals surface area (Å²) in [5.74, 6) is 0.547. The molecule has 0 amide bonds. The van der Waals surface area contributed by atoms with Crippen LogP contribution in [0, 0.1) is 5.92 Å². The maximum absolute atomic E-state index is 12.6. The first-order valence-corrected chi connectivity index (χ1v) is 10.8. The number of piperidine rings is 1. The van der Waals surface area contributed by atoms with Crippen molar-refractivity contribution in [3.05, 3.63) is 48.7 Å². The van der Waals surface area contributed by atoms with Crippen LogP contribution in [0.1, 0.15) is 42.8 Å². The van der Waals surface area contributed by atoms with Gasteiger partial charge in [0.1, 0.15) is 12.0 Å². The molecule has 2 heterocycles. The van der Waals surface area contributed by atoms with Gasteiger partial charge in [0.15, 0.2) is 0 Å². The van der Waals surface area contributed by atoms with E-state index in [0.29, 0.717) is 25.4 Å². The minimum absolute atomic E-state index is 0.0274. The second kappa shape index (κ2) is 7.72. The highest BCUT2D eigenvalue weighted by atomic mass is 32.2. The monoisotopic (exact) mass is 377 g/mol. The summed E-state index contributed by atoms with van der Waals surface area (Å²) in [5.41, 5.74) is 0.840. The molecule has 1 aliphatic rings. The van der Waals surface area contributed by atoms with Crippen LogP contribution in [-0.4, -0.2) is 38.5 Å². The van der Waals surface area contributed by atoms with Gasteiger partial charge in [-0.2, -0.15) is 12.3 Å². The fourth-order valence-corrected chi connectivity index (χ4v) is 5.21. The molecule has 1 aromatic carbocycles. The highest BCUT2D eigenvalue weighted by Gasteiger charge is 2.44. The van der Waals surface area contributed by atoms with Crippen molar-refractivity contribution >= 4 is 21.5 Å². The molecule has 0 N–H and O–H groups in total. The average molecular weight is 377 g/mol. The van der Waals surface area contributed by atoms with E-state index in [-0.39, 0.29) is 15.6 Å². The Hall–Kier alpha value is -1.99. The van der Waals surface area contributed by atoms with Gasteiger partial charge in [-0.1, -0.05) is 18.2 Å². The van der Waals surface area contributed by atoms with Crippen LogP contribution in [-0.2, 0) is 10.0 Å². The summed E-state index contributed by atoms with van der Waals surface area (Å²) in [6, 6.07) is 9.48. The van der Waals surface area contributed by atoms with Crippen LogP contribution in [0.15, 0.2) is 47.2 Å². The topological polar surface area (TPSA) is 77.2 Å². The summed E-state index contributed by atoms with van der Waals surface area (Å²) in [5, 5.41) is 0. The molecule has 1 saturated heterocycles. The zero-order valence-electron chi connectivity index (χ0n) is 15.0. The fraction of sp³-hybridized carbons (Fsp3) is 0.474. The number of nitrogens with zero attached hydrogens (tertiary/aromatic N) is 2. The van der Waals surface area contributed by atoms with E-state index in [0.717, 1.165) is 31.4 Å². The lowest BCUT2D eigenvalue weighted by Gasteiger charge is -2.40. The minimum atomic E-state index is -3.26. The first-order chi connectivity index (χ1) is 12.4. The maximum atomic E-state index is 12.6. The van der Waals surface area contributed by atoms with Crippen LogP contribution in [0.5, 0.6) is 0 Å². The number of ketones is 1. The number of quaternary nitrogens is 1. The van der Waals surface area contributed by atoms with Crippen molar-refractivity contribution in [2.75, 3.05) is 19.3 Å². The van der Waals surface area contributed by atoms with E-state index in [1.807, 2.05) is 30.3 Å². The van der Waals surface area contributed by atoms with Gasteiger partial charge in [0.05, 0.1) is 25.5 Å². The number of oxazole rings is 1. The van der Waals surface area contributed by atoms with Crippen LogP contribution in [0.25, 0.3) is 0 Å². The van der Waals surface area contributed by atoms with Crippen LogP contribution >= 0.6 is 0 Å². The number of aromatic nitrogens is 1. The van der Waals surface area contributed by atoms with E-state index in [4.69, 9.17) is 4.42 Å². The van der Waals surface area contributed by atoms with Gasteiger partial charge in [-0.3, -0.25) is 4.79 Å². The molecule has 26 heavy (non-hydrogen) atoms. The Morgan fingerprint density at radius 3 is 2.50 bits per heavy atom. The number of carbonyl (C=O) groups excluding carboxylic acids is 1. The van der Waals surface area contributed by atoms with Crippen molar-refractivity contribution < 1.29 is 17.6 Å². The second-order valence-corrected chi connectivity index (χ2v) is 9.17. The van der Waals surface area contributed by atoms with Gasteiger partial charge in [0, 0.05) is 31.4 Å². The standard InChI is InChI=1S/C19H25N2O4S/c1-26(23,24)21(17-7-3-2-4-8-17)13-10-16(11-14-21)6-5-9-18(22)19-20-12-15-25-19/h2-4,7-8,12,15-16H,5-6,9-11,13-14H2,1H3/q+1. The number of carbonyl (C=O) groups is 1. The Morgan fingerprint density at radius 2 is 1.92 bits per heavy atom. The van der Waals surface area contributed by atoms with Crippen molar-refractivity contribution in [2.24, 2.45) is 5.92 Å². The van der Waals surface area contributed by atoms with Gasteiger partial charge in [-0.05, 0) is 18.8 Å². The van der Waals surface area contributed by atoms with Gasteiger partial charge < -0.3 is 4.42 Å². The predicted molar refractivity (Wildman–Crippen MR) is 100 cm³/mol. The molecule has 0 radical (unpaired) electrons. The van der Waals surface area contributed by atoms with Crippen molar-refractivity contribution in [3.8, 4) is 0 Å². The molecule has 3 rings (SSSR count). The summed E-state index contributed by atoms with van der Waals surface area (Å²) in [4.78, 5) is 15.8. The third-order valence-electron chi connectivity index (χ3n) is 5.35. The summed E-state index contributed by atoms with van der Waals surface area (Å²) in [7, 11) is -3.26. The summed E-state index contributed by atoms with van der Waals surface area (Å²) >= 11 is 0. The molecule has 6 nitrogen and oxygen atoms in total. The van der Waals surface area contributed by atoms with Crippen molar-refractivity contribution in [1.82, 2.24) is 8.87 Å². The summed E-state index contributed by atoms with van der Waals surface area (Å²) < 4.78 is 30.2. The first-order valence-electron chi connectivity index (χ1n) is 8.98. The van der Waals surface area contributed by atoms with Crippen LogP contribution in [0.4, 0.5) is 5.69 Å². The van der Waals surface area contributed by atoms with E-state index in [1.54, 1.807) is 0 Å². The molecule has 7 heteroatoms. The Balaban J connectivity index is 1.58. The molecule has 0 aliphatic carbocycles. The third-order valence-corrected chi connectivity index (χ3v) is 7.19. The molecule has 0 spiro atoms. The normalized spacial score (nSPS) is 23.7. The molecule has 0 bridgehead atoms. The number of sulfonamides is 1. The molecule has 1 aliphatic heterocycles. The number of rotatable bonds is 7. The summed E-state index contributed by atoms with van der Waals surface area (Å²) in [6.45, 7) is 1.17. The Morgan fingerprint density at radius 1 is 1.23 bits per heavy atom. The molecule has 0 atom stereocenters. The van der Waals surface area contributed by atoms with E-state index in [1.165, 1.54) is 18.7 Å². The quantitative estimate of drug-likeness (QED) is 0.546. The number of hydrogen-bond acceptors (Lipinski definition) is 5. The smallest absolute Gasteiger partial charge is 0.298 e. The molecule has 2 aromatic rings. The largest absolute Gasteiger partial charge is 0.442 e. The van der Waals surface area contributed by atoms with Gasteiger partial charge in [-0.15, -0.1) is 0 Å². The van der Waals surface area contributed by atoms with E-state index >= 15 is 0 Å². The number of para-hydroxylation sites is 1. The molecule has 0 saturated carbocycles. The summed E-state index contributed by atoms with van der Waals surface area (Å²) in [6.07, 6.45) is 8.00. The van der Waals surface area contributed by atoms with E-state index in [2.05, 4.69) is 4.98 Å². The fourth-order valence-electron chi connectivity index (χ4n) is 3.83. The molecule has 1 aromatic heterocycles. The Bertz CT molecular complexity index is 824. The first kappa shape index (κ1) is 18.8. The zero-order chi connectivity index (χ0) is 18.6. The van der Waals surface area contributed by atoms with Crippen molar-refractivity contribution in [3.63, 3.8) is 0 Å². The SMILES string of the molecule is CS(=O)(=O)[N+]1(c2ccccc2)CCC(CCCC(=O)c2ncco2)CC1. The van der Waals surface area contributed by atoms with Gasteiger partial charge in [0.25, 0.3) is 15.9 Å². The van der Waals surface area contributed by atoms with Crippen molar-refractivity contribution in [1.29, 1.82) is 0 Å². The molecule has 1 fully saturated rings. The zero-order valence-corrected chi connectivity index (χ0v) is 15.8. The average Bonchev–Trinajstić information content (AvgIpc) is 3.17. The van der Waals surface area contributed by atoms with Crippen LogP contribution in [0.2, 0.25) is 0 Å². The maximum Gasteiger partial charge on any atom is 0.298 e. The highest BCUT2D eigenvalue weighted by molar-refractivity contribution is 7.90. The Labute approximate surface area is 154 Å². The van der Waals surface area contributed by atoms with Gasteiger partial charge in [-0.25, -0.2) is 4.98 Å². The van der Waals surface area contributed by atoms with E-state index in [9.17, 15) is 13.2 Å². The third kappa shape index (κ3) is 3.88. The number of Topliss-reactive ketones (excluding diaryl/α,β-unsaturated/α-hetero) is 1. The lowest BCUT2D eigenvalue weighted by atomic mass is 9.91. The number of hydrogen-bond donors (Lipinski definition) is 0. The molecular formula is C19H25N2O4S+. The molecule has 140 valence electrons. The highest BCUT2D eigenvalue weighted by Crippen LogP contribution is 2.35. The lowest BCUT2D eigenvalue weighted by molar-refractivity contribution is 0.0942. The number of benzene rings is 1. The lowest BCUT2D eigenvalue weighted by Crippen LogP contribution is -2.57. The molecule has 0 unspecified atom stereocenters. The van der Waals surface area contributed by atoms with Crippen LogP contribution < -0.4 is 3.89 Å². The van der Waals surface area contributed by atoms with Crippen molar-refractivity contribution in [2.45, 2.75) is 32.1 Å². The van der Waals surface area contributed by atoms with E-state index < -0.39 is 10.0 Å². The Kier molecular flexibility index (Phi) is 5.58.